The molecule has 1 saturated heterocycles. The van der Waals surface area contributed by atoms with E-state index in [1.807, 2.05) is 20.9 Å². The fraction of sp³-hybridized carbons (Fsp3) is 0.733. The summed E-state index contributed by atoms with van der Waals surface area (Å²) in [5, 5.41) is 16.8. The largest absolute Gasteiger partial charge is 0.395 e. The molecule has 0 spiro atoms. The van der Waals surface area contributed by atoms with Crippen molar-refractivity contribution in [2.75, 3.05) is 25.0 Å². The second kappa shape index (κ2) is 7.04. The summed E-state index contributed by atoms with van der Waals surface area (Å²) in [7, 11) is 1.87. The van der Waals surface area contributed by atoms with Crippen LogP contribution >= 0.6 is 0 Å². The van der Waals surface area contributed by atoms with E-state index in [4.69, 9.17) is 0 Å². The van der Waals surface area contributed by atoms with E-state index in [0.717, 1.165) is 42.9 Å². The lowest BCUT2D eigenvalue weighted by molar-refractivity contribution is -0.118. The van der Waals surface area contributed by atoms with Crippen molar-refractivity contribution in [3.8, 4) is 0 Å². The Hall–Kier alpha value is -1.40. The van der Waals surface area contributed by atoms with Gasteiger partial charge in [0.25, 0.3) is 0 Å². The van der Waals surface area contributed by atoms with Crippen LogP contribution in [0.25, 0.3) is 0 Å². The van der Waals surface area contributed by atoms with Crippen molar-refractivity contribution in [3.05, 3.63) is 11.4 Å². The molecule has 1 aromatic rings. The maximum Gasteiger partial charge on any atom is 0.238 e. The van der Waals surface area contributed by atoms with Gasteiger partial charge in [0, 0.05) is 13.1 Å². The van der Waals surface area contributed by atoms with Crippen molar-refractivity contribution in [2.45, 2.75) is 45.6 Å². The first-order valence-corrected chi connectivity index (χ1v) is 7.68. The molecular weight excluding hydrogens is 268 g/mol. The number of nitrogens with zero attached hydrogens (tertiary/aromatic N) is 3. The molecule has 0 saturated carbocycles. The number of likely N-dealkylation sites (tertiary alicyclic amines) is 1. The molecular formula is C15H26N4O2. The third kappa shape index (κ3) is 3.83. The first-order valence-electron chi connectivity index (χ1n) is 7.68. The fourth-order valence-corrected chi connectivity index (χ4v) is 2.97. The summed E-state index contributed by atoms with van der Waals surface area (Å²) in [6.45, 7) is 5.17. The van der Waals surface area contributed by atoms with Crippen molar-refractivity contribution < 1.29 is 9.90 Å². The number of aryl methyl sites for hydroxylation is 2. The Labute approximate surface area is 126 Å². The molecule has 1 atom stereocenters. The Kier molecular flexibility index (Phi) is 5.36. The highest BCUT2D eigenvalue weighted by molar-refractivity contribution is 5.93. The molecule has 118 valence electrons. The van der Waals surface area contributed by atoms with Gasteiger partial charge in [-0.05, 0) is 33.2 Å². The number of amides is 1. The number of carbonyl (C=O) groups is 1. The van der Waals surface area contributed by atoms with Crippen LogP contribution in [0.2, 0.25) is 0 Å². The van der Waals surface area contributed by atoms with Crippen molar-refractivity contribution in [1.82, 2.24) is 14.7 Å². The SMILES string of the molecule is Cc1nn(C)c(C)c1NC(=O)CN1CCCCCC1CO. The second-order valence-corrected chi connectivity index (χ2v) is 5.87. The average Bonchev–Trinajstić information content (AvgIpc) is 2.63. The molecule has 1 aliphatic heterocycles. The summed E-state index contributed by atoms with van der Waals surface area (Å²) >= 11 is 0. The van der Waals surface area contributed by atoms with Crippen LogP contribution in [0.4, 0.5) is 5.69 Å². The monoisotopic (exact) mass is 294 g/mol. The van der Waals surface area contributed by atoms with Crippen LogP contribution in [-0.2, 0) is 11.8 Å². The molecule has 0 bridgehead atoms. The van der Waals surface area contributed by atoms with Gasteiger partial charge in [-0.3, -0.25) is 14.4 Å². The van der Waals surface area contributed by atoms with E-state index < -0.39 is 0 Å². The number of aliphatic hydroxyl groups is 1. The van der Waals surface area contributed by atoms with E-state index in [0.29, 0.717) is 6.54 Å². The van der Waals surface area contributed by atoms with E-state index in [2.05, 4.69) is 15.3 Å². The first-order chi connectivity index (χ1) is 10.0. The van der Waals surface area contributed by atoms with E-state index in [1.54, 1.807) is 4.68 Å². The minimum atomic E-state index is -0.0328. The van der Waals surface area contributed by atoms with E-state index in [9.17, 15) is 9.90 Å². The molecule has 1 aromatic heterocycles. The molecule has 2 N–H and O–H groups in total. The van der Waals surface area contributed by atoms with Gasteiger partial charge in [0.2, 0.25) is 5.91 Å². The lowest BCUT2D eigenvalue weighted by Gasteiger charge is -2.27. The molecule has 21 heavy (non-hydrogen) atoms. The molecule has 0 aromatic carbocycles. The Balaban J connectivity index is 2.00. The average molecular weight is 294 g/mol. The molecule has 1 fully saturated rings. The lowest BCUT2D eigenvalue weighted by Crippen LogP contribution is -2.42. The molecule has 0 aliphatic carbocycles. The summed E-state index contributed by atoms with van der Waals surface area (Å²) in [5.41, 5.74) is 2.59. The number of aromatic nitrogens is 2. The Morgan fingerprint density at radius 2 is 2.14 bits per heavy atom. The van der Waals surface area contributed by atoms with Crippen LogP contribution in [0.15, 0.2) is 0 Å². The molecule has 0 radical (unpaired) electrons. The van der Waals surface area contributed by atoms with Gasteiger partial charge >= 0.3 is 0 Å². The number of carbonyl (C=O) groups excluding carboxylic acids is 1. The van der Waals surface area contributed by atoms with Crippen LogP contribution < -0.4 is 5.32 Å². The minimum absolute atomic E-state index is 0.0328. The van der Waals surface area contributed by atoms with Crippen LogP contribution in [-0.4, -0.2) is 51.4 Å². The summed E-state index contributed by atoms with van der Waals surface area (Å²) in [5.74, 6) is -0.0328. The summed E-state index contributed by atoms with van der Waals surface area (Å²) in [6.07, 6.45) is 4.36. The van der Waals surface area contributed by atoms with E-state index in [1.165, 1.54) is 6.42 Å². The Morgan fingerprint density at radius 1 is 1.38 bits per heavy atom. The third-order valence-electron chi connectivity index (χ3n) is 4.33. The number of nitrogens with one attached hydrogen (secondary N) is 1. The van der Waals surface area contributed by atoms with Crippen LogP contribution in [0.5, 0.6) is 0 Å². The zero-order valence-corrected chi connectivity index (χ0v) is 13.2. The van der Waals surface area contributed by atoms with Crippen LogP contribution in [0, 0.1) is 13.8 Å². The Morgan fingerprint density at radius 3 is 2.76 bits per heavy atom. The van der Waals surface area contributed by atoms with Gasteiger partial charge in [0.1, 0.15) is 0 Å². The van der Waals surface area contributed by atoms with E-state index >= 15 is 0 Å². The maximum absolute atomic E-state index is 12.3. The van der Waals surface area contributed by atoms with Crippen molar-refractivity contribution in [3.63, 3.8) is 0 Å². The van der Waals surface area contributed by atoms with Gasteiger partial charge in [-0.2, -0.15) is 5.10 Å². The molecule has 1 aliphatic rings. The predicted molar refractivity (Wildman–Crippen MR) is 82.2 cm³/mol. The summed E-state index contributed by atoms with van der Waals surface area (Å²) in [4.78, 5) is 14.4. The molecule has 2 rings (SSSR count). The predicted octanol–water partition coefficient (Wildman–Crippen LogP) is 1.21. The number of hydrogen-bond acceptors (Lipinski definition) is 4. The topological polar surface area (TPSA) is 70.4 Å². The highest BCUT2D eigenvalue weighted by Gasteiger charge is 2.23. The lowest BCUT2D eigenvalue weighted by atomic mass is 10.1. The molecule has 6 nitrogen and oxygen atoms in total. The highest BCUT2D eigenvalue weighted by atomic mass is 16.3. The summed E-state index contributed by atoms with van der Waals surface area (Å²) < 4.78 is 1.77. The quantitative estimate of drug-likeness (QED) is 0.876. The Bertz CT molecular complexity index is 498. The number of aliphatic hydroxyl groups excluding tert-OH is 1. The normalized spacial score (nSPS) is 20.3. The maximum atomic E-state index is 12.3. The number of hydrogen-bond donors (Lipinski definition) is 2. The van der Waals surface area contributed by atoms with Gasteiger partial charge in [-0.1, -0.05) is 12.8 Å². The second-order valence-electron chi connectivity index (χ2n) is 5.87. The fourth-order valence-electron chi connectivity index (χ4n) is 2.97. The molecule has 1 unspecified atom stereocenters. The van der Waals surface area contributed by atoms with Gasteiger partial charge < -0.3 is 10.4 Å². The minimum Gasteiger partial charge on any atom is -0.395 e. The number of rotatable bonds is 4. The molecule has 1 amide bonds. The van der Waals surface area contributed by atoms with Gasteiger partial charge in [-0.15, -0.1) is 0 Å². The first kappa shape index (κ1) is 16.0. The van der Waals surface area contributed by atoms with Gasteiger partial charge in [0.15, 0.2) is 0 Å². The highest BCUT2D eigenvalue weighted by Crippen LogP contribution is 2.19. The standard InChI is InChI=1S/C15H26N4O2/c1-11-15(12(2)18(3)17-11)16-14(21)9-19-8-6-4-5-7-13(19)10-20/h13,20H,4-10H2,1-3H3,(H,16,21). The van der Waals surface area contributed by atoms with E-state index in [-0.39, 0.29) is 18.6 Å². The van der Waals surface area contributed by atoms with Crippen molar-refractivity contribution >= 4 is 11.6 Å². The molecule has 2 heterocycles. The smallest absolute Gasteiger partial charge is 0.238 e. The van der Waals surface area contributed by atoms with Crippen molar-refractivity contribution in [2.24, 2.45) is 7.05 Å². The zero-order chi connectivity index (χ0) is 15.4. The van der Waals surface area contributed by atoms with Gasteiger partial charge in [0.05, 0.1) is 30.2 Å². The molecule has 6 heteroatoms. The van der Waals surface area contributed by atoms with Gasteiger partial charge in [-0.25, -0.2) is 0 Å². The summed E-state index contributed by atoms with van der Waals surface area (Å²) in [6, 6.07) is 0.106. The third-order valence-corrected chi connectivity index (χ3v) is 4.33. The van der Waals surface area contributed by atoms with Crippen LogP contribution in [0.1, 0.15) is 37.1 Å². The number of anilines is 1. The zero-order valence-electron chi connectivity index (χ0n) is 13.2. The van der Waals surface area contributed by atoms with Crippen molar-refractivity contribution in [1.29, 1.82) is 0 Å². The van der Waals surface area contributed by atoms with Crippen LogP contribution in [0.3, 0.4) is 0 Å².